The number of hydrogen-bond acceptors (Lipinski definition) is 2. The zero-order valence-corrected chi connectivity index (χ0v) is 8.79. The molecular formula is C11H8F2N2O2. The average Bonchev–Trinajstić information content (AvgIpc) is 2.64. The number of carboxylic acid groups (broad SMARTS) is 1. The van der Waals surface area contributed by atoms with Crippen LogP contribution in [-0.2, 0) is 0 Å². The van der Waals surface area contributed by atoms with Crippen molar-refractivity contribution < 1.29 is 18.7 Å². The molecule has 0 saturated carbocycles. The second kappa shape index (κ2) is 3.97. The van der Waals surface area contributed by atoms with Crippen LogP contribution in [0.5, 0.6) is 0 Å². The van der Waals surface area contributed by atoms with Crippen molar-refractivity contribution in [2.45, 2.75) is 6.92 Å². The van der Waals surface area contributed by atoms with Crippen molar-refractivity contribution >= 4 is 5.97 Å². The number of H-pyrrole nitrogens is 1. The first kappa shape index (κ1) is 11.3. The fourth-order valence-electron chi connectivity index (χ4n) is 1.53. The molecule has 0 spiro atoms. The van der Waals surface area contributed by atoms with Gasteiger partial charge in [-0.15, -0.1) is 0 Å². The highest BCUT2D eigenvalue weighted by atomic mass is 19.2. The molecule has 0 fully saturated rings. The van der Waals surface area contributed by atoms with Crippen molar-refractivity contribution in [3.8, 4) is 11.3 Å². The van der Waals surface area contributed by atoms with Gasteiger partial charge in [0.05, 0.1) is 0 Å². The Labute approximate surface area is 94.9 Å². The SMILES string of the molecule is Cc1nc(-c2cccc(F)c2F)c(C(=O)O)[nH]1. The van der Waals surface area contributed by atoms with Gasteiger partial charge in [-0.1, -0.05) is 6.07 Å². The van der Waals surface area contributed by atoms with Crippen molar-refractivity contribution in [2.24, 2.45) is 0 Å². The molecule has 1 aromatic heterocycles. The van der Waals surface area contributed by atoms with E-state index < -0.39 is 17.6 Å². The third kappa shape index (κ3) is 1.89. The van der Waals surface area contributed by atoms with Gasteiger partial charge in [0.25, 0.3) is 0 Å². The number of carbonyl (C=O) groups is 1. The van der Waals surface area contributed by atoms with Crippen LogP contribution < -0.4 is 0 Å². The lowest BCUT2D eigenvalue weighted by molar-refractivity contribution is 0.0692. The van der Waals surface area contributed by atoms with Crippen LogP contribution in [0.2, 0.25) is 0 Å². The maximum absolute atomic E-state index is 13.5. The lowest BCUT2D eigenvalue weighted by Crippen LogP contribution is -2.00. The Morgan fingerprint density at radius 1 is 1.41 bits per heavy atom. The van der Waals surface area contributed by atoms with E-state index >= 15 is 0 Å². The van der Waals surface area contributed by atoms with Gasteiger partial charge in [-0.2, -0.15) is 0 Å². The quantitative estimate of drug-likeness (QED) is 0.844. The fourth-order valence-corrected chi connectivity index (χ4v) is 1.53. The second-order valence-electron chi connectivity index (χ2n) is 3.45. The lowest BCUT2D eigenvalue weighted by Gasteiger charge is -2.01. The number of nitrogens with one attached hydrogen (secondary N) is 1. The second-order valence-corrected chi connectivity index (χ2v) is 3.45. The summed E-state index contributed by atoms with van der Waals surface area (Å²) in [6.07, 6.45) is 0. The molecule has 6 heteroatoms. The monoisotopic (exact) mass is 238 g/mol. The largest absolute Gasteiger partial charge is 0.477 e. The topological polar surface area (TPSA) is 66.0 Å². The van der Waals surface area contributed by atoms with E-state index in [1.54, 1.807) is 0 Å². The Balaban J connectivity index is 2.68. The van der Waals surface area contributed by atoms with Gasteiger partial charge in [-0.05, 0) is 19.1 Å². The summed E-state index contributed by atoms with van der Waals surface area (Å²) in [5.41, 5.74) is -0.536. The van der Waals surface area contributed by atoms with Crippen molar-refractivity contribution in [3.05, 3.63) is 41.4 Å². The molecule has 0 aliphatic rings. The molecule has 0 saturated heterocycles. The molecule has 0 aliphatic heterocycles. The lowest BCUT2D eigenvalue weighted by atomic mass is 10.1. The van der Waals surface area contributed by atoms with Crippen LogP contribution in [0.1, 0.15) is 16.3 Å². The summed E-state index contributed by atoms with van der Waals surface area (Å²) in [7, 11) is 0. The summed E-state index contributed by atoms with van der Waals surface area (Å²) in [4.78, 5) is 17.3. The third-order valence-corrected chi connectivity index (χ3v) is 2.24. The van der Waals surface area contributed by atoms with Crippen LogP contribution in [-0.4, -0.2) is 21.0 Å². The van der Waals surface area contributed by atoms with Crippen LogP contribution >= 0.6 is 0 Å². The van der Waals surface area contributed by atoms with Crippen LogP contribution in [0.3, 0.4) is 0 Å². The zero-order valence-electron chi connectivity index (χ0n) is 8.79. The van der Waals surface area contributed by atoms with E-state index in [9.17, 15) is 13.6 Å². The number of halogens is 2. The van der Waals surface area contributed by atoms with Gasteiger partial charge in [0.2, 0.25) is 0 Å². The molecule has 0 atom stereocenters. The number of aryl methyl sites for hydroxylation is 1. The highest BCUT2D eigenvalue weighted by molar-refractivity contribution is 5.93. The Hall–Kier alpha value is -2.24. The van der Waals surface area contributed by atoms with E-state index in [2.05, 4.69) is 9.97 Å². The molecular weight excluding hydrogens is 230 g/mol. The molecule has 1 aromatic carbocycles. The molecule has 4 nitrogen and oxygen atoms in total. The molecule has 0 amide bonds. The number of rotatable bonds is 2. The molecule has 2 N–H and O–H groups in total. The van der Waals surface area contributed by atoms with E-state index in [1.807, 2.05) is 0 Å². The summed E-state index contributed by atoms with van der Waals surface area (Å²) >= 11 is 0. The van der Waals surface area contributed by atoms with E-state index in [4.69, 9.17) is 5.11 Å². The smallest absolute Gasteiger partial charge is 0.354 e. The highest BCUT2D eigenvalue weighted by Gasteiger charge is 2.20. The molecule has 2 aromatic rings. The van der Waals surface area contributed by atoms with Crippen molar-refractivity contribution in [1.29, 1.82) is 0 Å². The van der Waals surface area contributed by atoms with E-state index in [0.717, 1.165) is 6.07 Å². The first-order chi connectivity index (χ1) is 8.00. The first-order valence-electron chi connectivity index (χ1n) is 4.75. The Bertz CT molecular complexity index is 593. The fraction of sp³-hybridized carbons (Fsp3) is 0.0909. The van der Waals surface area contributed by atoms with Crippen LogP contribution in [0.4, 0.5) is 8.78 Å². The minimum Gasteiger partial charge on any atom is -0.477 e. The molecule has 17 heavy (non-hydrogen) atoms. The van der Waals surface area contributed by atoms with Gasteiger partial charge in [0, 0.05) is 5.56 Å². The van der Waals surface area contributed by atoms with Gasteiger partial charge in [0.1, 0.15) is 11.5 Å². The summed E-state index contributed by atoms with van der Waals surface area (Å²) in [5, 5.41) is 8.91. The predicted octanol–water partition coefficient (Wildman–Crippen LogP) is 2.36. The number of aromatic carboxylic acids is 1. The minimum absolute atomic E-state index is 0.105. The molecule has 0 bridgehead atoms. The summed E-state index contributed by atoms with van der Waals surface area (Å²) in [6, 6.07) is 3.53. The van der Waals surface area contributed by atoms with Crippen LogP contribution in [0.15, 0.2) is 18.2 Å². The normalized spacial score (nSPS) is 10.5. The number of aromatic amines is 1. The van der Waals surface area contributed by atoms with Gasteiger partial charge in [-0.3, -0.25) is 0 Å². The molecule has 0 unspecified atom stereocenters. The molecule has 1 heterocycles. The molecule has 0 aliphatic carbocycles. The van der Waals surface area contributed by atoms with Crippen LogP contribution in [0.25, 0.3) is 11.3 Å². The zero-order chi connectivity index (χ0) is 12.6. The summed E-state index contributed by atoms with van der Waals surface area (Å²) < 4.78 is 26.6. The Kier molecular flexibility index (Phi) is 2.63. The van der Waals surface area contributed by atoms with Crippen LogP contribution in [0, 0.1) is 18.6 Å². The number of aromatic nitrogens is 2. The third-order valence-electron chi connectivity index (χ3n) is 2.24. The van der Waals surface area contributed by atoms with E-state index in [1.165, 1.54) is 19.1 Å². The summed E-state index contributed by atoms with van der Waals surface area (Å²) in [6.45, 7) is 1.53. The van der Waals surface area contributed by atoms with E-state index in [-0.39, 0.29) is 17.0 Å². The molecule has 88 valence electrons. The maximum atomic E-state index is 13.5. The Morgan fingerprint density at radius 2 is 2.12 bits per heavy atom. The Morgan fingerprint density at radius 3 is 2.76 bits per heavy atom. The van der Waals surface area contributed by atoms with Gasteiger partial charge >= 0.3 is 5.97 Å². The summed E-state index contributed by atoms with van der Waals surface area (Å²) in [5.74, 6) is -3.11. The van der Waals surface area contributed by atoms with Gasteiger partial charge in [-0.25, -0.2) is 18.6 Å². The minimum atomic E-state index is -1.27. The number of benzene rings is 1. The van der Waals surface area contributed by atoms with Gasteiger partial charge in [0.15, 0.2) is 17.3 Å². The van der Waals surface area contributed by atoms with Crippen molar-refractivity contribution in [2.75, 3.05) is 0 Å². The van der Waals surface area contributed by atoms with Crippen molar-refractivity contribution in [1.82, 2.24) is 9.97 Å². The van der Waals surface area contributed by atoms with E-state index in [0.29, 0.717) is 5.82 Å². The van der Waals surface area contributed by atoms with Gasteiger partial charge < -0.3 is 10.1 Å². The molecule has 2 rings (SSSR count). The first-order valence-corrected chi connectivity index (χ1v) is 4.75. The standard InChI is InChI=1S/C11H8F2N2O2/c1-5-14-9(10(15-5)11(16)17)6-3-2-4-7(12)8(6)13/h2-4H,1H3,(H,14,15)(H,16,17). The number of nitrogens with zero attached hydrogens (tertiary/aromatic N) is 1. The number of carboxylic acids is 1. The number of hydrogen-bond donors (Lipinski definition) is 2. The average molecular weight is 238 g/mol. The number of imidazole rings is 1. The molecule has 0 radical (unpaired) electrons. The predicted molar refractivity (Wildman–Crippen MR) is 55.6 cm³/mol. The maximum Gasteiger partial charge on any atom is 0.354 e. The van der Waals surface area contributed by atoms with Crippen molar-refractivity contribution in [3.63, 3.8) is 0 Å². The highest BCUT2D eigenvalue weighted by Crippen LogP contribution is 2.25.